The molecule has 134 valence electrons. The van der Waals surface area contributed by atoms with Crippen LogP contribution in [-0.2, 0) is 20.2 Å². The molecule has 2 N–H and O–H groups in total. The molecule has 0 bridgehead atoms. The third-order valence-electron chi connectivity index (χ3n) is 3.85. The minimum Gasteiger partial charge on any atom is -0.377 e. The summed E-state index contributed by atoms with van der Waals surface area (Å²) < 4.78 is 31.9. The van der Waals surface area contributed by atoms with E-state index in [1.165, 1.54) is 6.26 Å². The minimum atomic E-state index is -3.33. The van der Waals surface area contributed by atoms with E-state index in [4.69, 9.17) is 4.74 Å². The third kappa shape index (κ3) is 6.56. The molecule has 7 nitrogen and oxygen atoms in total. The van der Waals surface area contributed by atoms with Crippen molar-refractivity contribution in [2.24, 2.45) is 5.41 Å². The highest BCUT2D eigenvalue weighted by atomic mass is 32.2. The number of sulfonamides is 1. The molecule has 8 heteroatoms. The van der Waals surface area contributed by atoms with Crippen molar-refractivity contribution in [3.8, 4) is 0 Å². The molecular weight excluding hydrogens is 316 g/mol. The monoisotopic (exact) mass is 346 g/mol. The Bertz CT molecular complexity index is 580. The van der Waals surface area contributed by atoms with Gasteiger partial charge < -0.3 is 9.72 Å². The van der Waals surface area contributed by atoms with Gasteiger partial charge in [-0.15, -0.1) is 10.2 Å². The molecule has 1 heterocycles. The van der Waals surface area contributed by atoms with Crippen molar-refractivity contribution < 1.29 is 13.2 Å². The topological polar surface area (TPSA) is 97.0 Å². The van der Waals surface area contributed by atoms with Crippen molar-refractivity contribution in [2.45, 2.75) is 65.5 Å². The largest absolute Gasteiger partial charge is 0.377 e. The molecule has 0 saturated heterocycles. The Labute approximate surface area is 139 Å². The summed E-state index contributed by atoms with van der Waals surface area (Å²) in [7, 11) is -3.33. The number of aromatic nitrogens is 3. The van der Waals surface area contributed by atoms with E-state index >= 15 is 0 Å². The molecule has 0 amide bonds. The summed E-state index contributed by atoms with van der Waals surface area (Å²) in [5, 5.41) is 7.95. The zero-order chi connectivity index (χ0) is 17.9. The zero-order valence-corrected chi connectivity index (χ0v) is 16.0. The molecule has 1 atom stereocenters. The molecule has 0 aliphatic heterocycles. The van der Waals surface area contributed by atoms with E-state index in [0.29, 0.717) is 13.0 Å². The van der Waals surface area contributed by atoms with Gasteiger partial charge in [-0.05, 0) is 25.7 Å². The summed E-state index contributed by atoms with van der Waals surface area (Å²) in [4.78, 5) is 3.05. The number of rotatable bonds is 9. The quantitative estimate of drug-likeness (QED) is 0.711. The Kier molecular flexibility index (Phi) is 6.34. The molecule has 1 aromatic heterocycles. The lowest BCUT2D eigenvalue weighted by Gasteiger charge is -2.39. The van der Waals surface area contributed by atoms with Crippen LogP contribution < -0.4 is 4.72 Å². The standard InChI is InChI=1S/C15H30N4O3S/c1-11(2)22-8-12(19-23(7,20)21)14(3,4)9-15(5,6)13-16-10-17-18-13/h10-12,19H,8-9H2,1-7H3,(H,16,17,18). The van der Waals surface area contributed by atoms with Crippen LogP contribution in [0.2, 0.25) is 0 Å². The maximum atomic E-state index is 11.7. The first-order chi connectivity index (χ1) is 10.3. The predicted molar refractivity (Wildman–Crippen MR) is 90.7 cm³/mol. The molecule has 0 radical (unpaired) electrons. The molecule has 1 unspecified atom stereocenters. The van der Waals surface area contributed by atoms with E-state index in [9.17, 15) is 8.42 Å². The Morgan fingerprint density at radius 3 is 2.35 bits per heavy atom. The maximum Gasteiger partial charge on any atom is 0.209 e. The van der Waals surface area contributed by atoms with E-state index in [2.05, 4.69) is 33.8 Å². The van der Waals surface area contributed by atoms with Gasteiger partial charge >= 0.3 is 0 Å². The predicted octanol–water partition coefficient (Wildman–Crippen LogP) is 1.84. The van der Waals surface area contributed by atoms with Crippen LogP contribution >= 0.6 is 0 Å². The summed E-state index contributed by atoms with van der Waals surface area (Å²) >= 11 is 0. The van der Waals surface area contributed by atoms with Crippen LogP contribution in [-0.4, -0.2) is 48.6 Å². The first-order valence-electron chi connectivity index (χ1n) is 7.79. The number of nitrogens with zero attached hydrogens (tertiary/aromatic N) is 2. The van der Waals surface area contributed by atoms with Crippen molar-refractivity contribution in [3.05, 3.63) is 12.2 Å². The zero-order valence-electron chi connectivity index (χ0n) is 15.2. The van der Waals surface area contributed by atoms with Crippen LogP contribution in [0.4, 0.5) is 0 Å². The van der Waals surface area contributed by atoms with Gasteiger partial charge in [-0.2, -0.15) is 0 Å². The first kappa shape index (κ1) is 20.1. The van der Waals surface area contributed by atoms with Crippen molar-refractivity contribution in [3.63, 3.8) is 0 Å². The molecule has 1 rings (SSSR count). The summed E-state index contributed by atoms with van der Waals surface area (Å²) in [6.45, 7) is 12.4. The molecular formula is C15H30N4O3S. The Morgan fingerprint density at radius 2 is 1.91 bits per heavy atom. The van der Waals surface area contributed by atoms with E-state index in [0.717, 1.165) is 5.82 Å². The molecule has 0 aliphatic rings. The van der Waals surface area contributed by atoms with Gasteiger partial charge in [0.05, 0.1) is 25.0 Å². The number of H-pyrrole nitrogens is 1. The van der Waals surface area contributed by atoms with Gasteiger partial charge in [0.25, 0.3) is 0 Å². The molecule has 0 spiro atoms. The fraction of sp³-hybridized carbons (Fsp3) is 0.867. The number of nitrogens with one attached hydrogen (secondary N) is 2. The molecule has 0 aliphatic carbocycles. The van der Waals surface area contributed by atoms with E-state index in [-0.39, 0.29) is 23.0 Å². The van der Waals surface area contributed by atoms with Gasteiger partial charge in [0, 0.05) is 5.41 Å². The number of hydrogen-bond donors (Lipinski definition) is 2. The van der Waals surface area contributed by atoms with Gasteiger partial charge in [-0.25, -0.2) is 13.1 Å². The van der Waals surface area contributed by atoms with Crippen molar-refractivity contribution in [1.29, 1.82) is 0 Å². The van der Waals surface area contributed by atoms with Crippen LogP contribution in [0.3, 0.4) is 0 Å². The average Bonchev–Trinajstić information content (AvgIpc) is 2.85. The van der Waals surface area contributed by atoms with Crippen LogP contribution in [0.5, 0.6) is 0 Å². The highest BCUT2D eigenvalue weighted by molar-refractivity contribution is 7.88. The molecule has 1 aromatic rings. The molecule has 0 saturated carbocycles. The highest BCUT2D eigenvalue weighted by Gasteiger charge is 2.39. The number of hydrogen-bond acceptors (Lipinski definition) is 5. The van der Waals surface area contributed by atoms with Crippen molar-refractivity contribution in [2.75, 3.05) is 12.9 Å². The third-order valence-corrected chi connectivity index (χ3v) is 4.56. The van der Waals surface area contributed by atoms with Gasteiger partial charge in [0.2, 0.25) is 10.0 Å². The fourth-order valence-corrected chi connectivity index (χ4v) is 3.75. The number of aromatic amines is 1. The molecule has 0 aromatic carbocycles. The van der Waals surface area contributed by atoms with Crippen molar-refractivity contribution >= 4 is 10.0 Å². The Morgan fingerprint density at radius 1 is 1.30 bits per heavy atom. The second-order valence-electron chi connectivity index (χ2n) is 7.71. The van der Waals surface area contributed by atoms with Crippen LogP contribution in [0.25, 0.3) is 0 Å². The Hall–Kier alpha value is -0.990. The van der Waals surface area contributed by atoms with Gasteiger partial charge in [-0.1, -0.05) is 27.7 Å². The van der Waals surface area contributed by atoms with Crippen molar-refractivity contribution in [1.82, 2.24) is 19.9 Å². The fourth-order valence-electron chi connectivity index (χ4n) is 2.85. The molecule has 0 fully saturated rings. The maximum absolute atomic E-state index is 11.7. The lowest BCUT2D eigenvalue weighted by atomic mass is 9.71. The first-order valence-corrected chi connectivity index (χ1v) is 9.68. The summed E-state index contributed by atoms with van der Waals surface area (Å²) in [5.41, 5.74) is -0.608. The van der Waals surface area contributed by atoms with Gasteiger partial charge in [0.15, 0.2) is 0 Å². The van der Waals surface area contributed by atoms with Crippen LogP contribution in [0.15, 0.2) is 6.33 Å². The second-order valence-corrected chi connectivity index (χ2v) is 9.49. The lowest BCUT2D eigenvalue weighted by Crippen LogP contribution is -2.50. The highest BCUT2D eigenvalue weighted by Crippen LogP contribution is 2.37. The van der Waals surface area contributed by atoms with E-state index in [1.54, 1.807) is 6.33 Å². The van der Waals surface area contributed by atoms with E-state index in [1.807, 2.05) is 27.7 Å². The normalized spacial score (nSPS) is 15.1. The Balaban J connectivity index is 2.96. The molecule has 23 heavy (non-hydrogen) atoms. The summed E-state index contributed by atoms with van der Waals surface area (Å²) in [6, 6.07) is -0.331. The van der Waals surface area contributed by atoms with Gasteiger partial charge in [-0.3, -0.25) is 0 Å². The average molecular weight is 346 g/mol. The SMILES string of the molecule is CC(C)OCC(NS(C)(=O)=O)C(C)(C)CC(C)(C)c1nnc[nH]1. The van der Waals surface area contributed by atoms with E-state index < -0.39 is 10.0 Å². The number of ether oxygens (including phenoxy) is 1. The smallest absolute Gasteiger partial charge is 0.209 e. The second kappa shape index (κ2) is 7.27. The van der Waals surface area contributed by atoms with Gasteiger partial charge in [0.1, 0.15) is 12.2 Å². The summed E-state index contributed by atoms with van der Waals surface area (Å²) in [5.74, 6) is 0.786. The van der Waals surface area contributed by atoms with Crippen LogP contribution in [0.1, 0.15) is 53.8 Å². The minimum absolute atomic E-state index is 0.0388. The lowest BCUT2D eigenvalue weighted by molar-refractivity contribution is 0.0311. The summed E-state index contributed by atoms with van der Waals surface area (Å²) in [6.07, 6.45) is 3.48. The van der Waals surface area contributed by atoms with Crippen LogP contribution in [0, 0.1) is 5.41 Å².